The highest BCUT2D eigenvalue weighted by Gasteiger charge is 2.33. The van der Waals surface area contributed by atoms with E-state index in [0.717, 1.165) is 6.07 Å². The van der Waals surface area contributed by atoms with E-state index in [1.807, 2.05) is 0 Å². The number of hydrogen-bond donors (Lipinski definition) is 3. The maximum Gasteiger partial charge on any atom is 0.326 e. The molecule has 0 aliphatic carbocycles. The summed E-state index contributed by atoms with van der Waals surface area (Å²) in [6, 6.07) is 2.73. The molecule has 118 valence electrons. The molecule has 1 heterocycles. The molecule has 1 aliphatic rings. The lowest BCUT2D eigenvalue weighted by molar-refractivity contribution is -0.143. The Morgan fingerprint density at radius 1 is 1.41 bits per heavy atom. The molecule has 2 atom stereocenters. The van der Waals surface area contributed by atoms with Gasteiger partial charge in [0, 0.05) is 12.1 Å². The average molecular weight is 308 g/mol. The number of halogens is 1. The van der Waals surface area contributed by atoms with Crippen LogP contribution in [0.1, 0.15) is 31.7 Å². The minimum atomic E-state index is -1.14. The van der Waals surface area contributed by atoms with Gasteiger partial charge >= 0.3 is 5.97 Å². The fourth-order valence-corrected chi connectivity index (χ4v) is 2.44. The Morgan fingerprint density at radius 3 is 2.68 bits per heavy atom. The molecule has 0 spiro atoms. The van der Waals surface area contributed by atoms with Crippen molar-refractivity contribution in [3.63, 3.8) is 0 Å². The number of amides is 2. The van der Waals surface area contributed by atoms with E-state index in [9.17, 15) is 18.8 Å². The first-order chi connectivity index (χ1) is 10.3. The highest BCUT2D eigenvalue weighted by atomic mass is 19.1. The Kier molecular flexibility index (Phi) is 4.44. The zero-order valence-corrected chi connectivity index (χ0v) is 12.2. The van der Waals surface area contributed by atoms with Gasteiger partial charge < -0.3 is 15.7 Å². The number of carboxylic acids is 1. The van der Waals surface area contributed by atoms with Crippen LogP contribution in [0.3, 0.4) is 0 Å². The lowest BCUT2D eigenvalue weighted by Crippen LogP contribution is -2.47. The fourth-order valence-electron chi connectivity index (χ4n) is 2.44. The molecular weight excluding hydrogens is 291 g/mol. The van der Waals surface area contributed by atoms with Gasteiger partial charge in [-0.25, -0.2) is 9.18 Å². The van der Waals surface area contributed by atoms with Crippen molar-refractivity contribution in [3.8, 4) is 0 Å². The van der Waals surface area contributed by atoms with Gasteiger partial charge in [-0.3, -0.25) is 9.59 Å². The van der Waals surface area contributed by atoms with Crippen molar-refractivity contribution < 1.29 is 23.9 Å². The van der Waals surface area contributed by atoms with Crippen LogP contribution in [-0.2, 0) is 14.4 Å². The highest BCUT2D eigenvalue weighted by Crippen LogP contribution is 2.33. The van der Waals surface area contributed by atoms with Crippen LogP contribution in [0.5, 0.6) is 0 Å². The third-order valence-electron chi connectivity index (χ3n) is 3.60. The Morgan fingerprint density at radius 2 is 2.09 bits per heavy atom. The van der Waals surface area contributed by atoms with Crippen molar-refractivity contribution >= 4 is 23.5 Å². The predicted octanol–water partition coefficient (Wildman–Crippen LogP) is 1.48. The van der Waals surface area contributed by atoms with E-state index in [1.165, 1.54) is 12.1 Å². The highest BCUT2D eigenvalue weighted by molar-refractivity contribution is 6.01. The molecule has 0 radical (unpaired) electrons. The first-order valence-electron chi connectivity index (χ1n) is 6.92. The van der Waals surface area contributed by atoms with Gasteiger partial charge in [0.05, 0.1) is 5.92 Å². The SMILES string of the molecule is CC(C)[C@H](NC(=O)C1CC(=O)Nc2cc(F)ccc21)C(=O)O. The molecule has 0 saturated heterocycles. The topological polar surface area (TPSA) is 95.5 Å². The van der Waals surface area contributed by atoms with Crippen LogP contribution in [0.2, 0.25) is 0 Å². The smallest absolute Gasteiger partial charge is 0.326 e. The number of carboxylic acid groups (broad SMARTS) is 1. The minimum absolute atomic E-state index is 0.102. The Bertz CT molecular complexity index is 630. The van der Waals surface area contributed by atoms with Crippen molar-refractivity contribution in [3.05, 3.63) is 29.6 Å². The van der Waals surface area contributed by atoms with E-state index < -0.39 is 35.6 Å². The zero-order chi connectivity index (χ0) is 16.4. The maximum atomic E-state index is 13.2. The van der Waals surface area contributed by atoms with Gasteiger partial charge in [-0.1, -0.05) is 19.9 Å². The lowest BCUT2D eigenvalue weighted by atomic mass is 9.89. The summed E-state index contributed by atoms with van der Waals surface area (Å²) in [6.07, 6.45) is -0.102. The Hall–Kier alpha value is -2.44. The second-order valence-electron chi connectivity index (χ2n) is 5.60. The maximum absolute atomic E-state index is 13.2. The van der Waals surface area contributed by atoms with E-state index in [4.69, 9.17) is 5.11 Å². The average Bonchev–Trinajstić information content (AvgIpc) is 2.42. The summed E-state index contributed by atoms with van der Waals surface area (Å²) in [4.78, 5) is 35.2. The molecule has 7 heteroatoms. The lowest BCUT2D eigenvalue weighted by Gasteiger charge is -2.27. The van der Waals surface area contributed by atoms with Crippen LogP contribution < -0.4 is 10.6 Å². The van der Waals surface area contributed by atoms with Crippen LogP contribution in [0, 0.1) is 11.7 Å². The standard InChI is InChI=1S/C15H17FN2O4/c1-7(2)13(15(21)22)18-14(20)10-6-12(19)17-11-5-8(16)3-4-9(10)11/h3-5,7,10,13H,6H2,1-2H3,(H,17,19)(H,18,20)(H,21,22)/t10?,13-/m0/s1. The second-order valence-corrected chi connectivity index (χ2v) is 5.60. The van der Waals surface area contributed by atoms with Gasteiger partial charge in [-0.05, 0) is 23.6 Å². The van der Waals surface area contributed by atoms with Crippen molar-refractivity contribution in [1.29, 1.82) is 0 Å². The molecule has 0 bridgehead atoms. The molecule has 0 aromatic heterocycles. The van der Waals surface area contributed by atoms with Crippen LogP contribution >= 0.6 is 0 Å². The van der Waals surface area contributed by atoms with E-state index in [2.05, 4.69) is 10.6 Å². The van der Waals surface area contributed by atoms with Crippen LogP contribution in [0.15, 0.2) is 18.2 Å². The molecule has 2 rings (SSSR count). The van der Waals surface area contributed by atoms with Crippen molar-refractivity contribution in [1.82, 2.24) is 5.32 Å². The largest absolute Gasteiger partial charge is 0.480 e. The summed E-state index contributed by atoms with van der Waals surface area (Å²) >= 11 is 0. The summed E-state index contributed by atoms with van der Waals surface area (Å²) in [7, 11) is 0. The van der Waals surface area contributed by atoms with Gasteiger partial charge in [0.2, 0.25) is 11.8 Å². The molecule has 3 N–H and O–H groups in total. The first kappa shape index (κ1) is 15.9. The number of carbonyl (C=O) groups excluding carboxylic acids is 2. The van der Waals surface area contributed by atoms with Gasteiger partial charge in [-0.15, -0.1) is 0 Å². The van der Waals surface area contributed by atoms with E-state index >= 15 is 0 Å². The van der Waals surface area contributed by atoms with Crippen molar-refractivity contribution in [2.45, 2.75) is 32.2 Å². The molecule has 1 aliphatic heterocycles. The molecule has 22 heavy (non-hydrogen) atoms. The normalized spacial score (nSPS) is 18.4. The monoisotopic (exact) mass is 308 g/mol. The molecule has 0 fully saturated rings. The molecule has 6 nitrogen and oxygen atoms in total. The van der Waals surface area contributed by atoms with Gasteiger partial charge in [0.25, 0.3) is 0 Å². The number of fused-ring (bicyclic) bond motifs is 1. The van der Waals surface area contributed by atoms with Gasteiger partial charge in [0.15, 0.2) is 0 Å². The van der Waals surface area contributed by atoms with Crippen LogP contribution in [-0.4, -0.2) is 28.9 Å². The third-order valence-corrected chi connectivity index (χ3v) is 3.60. The number of carbonyl (C=O) groups is 3. The first-order valence-corrected chi connectivity index (χ1v) is 6.92. The second kappa shape index (κ2) is 6.13. The van der Waals surface area contributed by atoms with Crippen molar-refractivity contribution in [2.75, 3.05) is 5.32 Å². The number of nitrogens with one attached hydrogen (secondary N) is 2. The van der Waals surface area contributed by atoms with E-state index in [-0.39, 0.29) is 18.0 Å². The Balaban J connectivity index is 2.27. The van der Waals surface area contributed by atoms with Gasteiger partial charge in [0.1, 0.15) is 11.9 Å². The minimum Gasteiger partial charge on any atom is -0.480 e. The van der Waals surface area contributed by atoms with E-state index in [0.29, 0.717) is 5.56 Å². The number of benzene rings is 1. The van der Waals surface area contributed by atoms with Gasteiger partial charge in [-0.2, -0.15) is 0 Å². The summed E-state index contributed by atoms with van der Waals surface area (Å²) in [6.45, 7) is 3.35. The van der Waals surface area contributed by atoms with Crippen LogP contribution in [0.4, 0.5) is 10.1 Å². The fraction of sp³-hybridized carbons (Fsp3) is 0.400. The zero-order valence-electron chi connectivity index (χ0n) is 12.2. The number of hydrogen-bond acceptors (Lipinski definition) is 3. The molecular formula is C15H17FN2O4. The quantitative estimate of drug-likeness (QED) is 0.785. The third kappa shape index (κ3) is 3.24. The summed E-state index contributed by atoms with van der Waals surface area (Å²) < 4.78 is 13.2. The Labute approximate surface area is 126 Å². The summed E-state index contributed by atoms with van der Waals surface area (Å²) in [5, 5.41) is 14.1. The number of rotatable bonds is 4. The molecule has 2 amide bonds. The molecule has 1 aromatic carbocycles. The molecule has 1 unspecified atom stereocenters. The number of aliphatic carboxylic acids is 1. The van der Waals surface area contributed by atoms with E-state index in [1.54, 1.807) is 13.8 Å². The number of anilines is 1. The summed E-state index contributed by atoms with van der Waals surface area (Å²) in [5.74, 6) is -3.75. The predicted molar refractivity (Wildman–Crippen MR) is 76.8 cm³/mol. The summed E-state index contributed by atoms with van der Waals surface area (Å²) in [5.41, 5.74) is 0.721. The van der Waals surface area contributed by atoms with Crippen molar-refractivity contribution in [2.24, 2.45) is 5.92 Å². The molecule has 1 aromatic rings. The molecule has 0 saturated carbocycles. The van der Waals surface area contributed by atoms with Crippen LogP contribution in [0.25, 0.3) is 0 Å².